The van der Waals surface area contributed by atoms with Gasteiger partial charge in [0.2, 0.25) is 0 Å². The Balaban J connectivity index is 2.51. The Labute approximate surface area is 91.0 Å². The van der Waals surface area contributed by atoms with Gasteiger partial charge in [-0.2, -0.15) is 0 Å². The first-order valence-electron chi connectivity index (χ1n) is 4.11. The van der Waals surface area contributed by atoms with Crippen LogP contribution in [-0.2, 0) is 0 Å². The number of benzene rings is 1. The fourth-order valence-corrected chi connectivity index (χ4v) is 2.41. The number of halogens is 1. The molecule has 1 aromatic carbocycles. The van der Waals surface area contributed by atoms with Gasteiger partial charge in [-0.3, -0.25) is 4.79 Å². The van der Waals surface area contributed by atoms with E-state index in [2.05, 4.69) is 0 Å². The summed E-state index contributed by atoms with van der Waals surface area (Å²) in [5.41, 5.74) is 1.97. The molecular formula is C11H7ClOS. The van der Waals surface area contributed by atoms with Gasteiger partial charge in [0.1, 0.15) is 4.34 Å². The predicted octanol–water partition coefficient (Wildman–Crippen LogP) is 3.88. The first-order chi connectivity index (χ1) is 6.81. The summed E-state index contributed by atoms with van der Waals surface area (Å²) in [6.07, 6.45) is 0.822. The molecule has 0 amide bonds. The zero-order chi connectivity index (χ0) is 9.97. The number of carbonyl (C=O) groups is 1. The Bertz CT molecular complexity index is 448. The van der Waals surface area contributed by atoms with Crippen molar-refractivity contribution in [2.24, 2.45) is 0 Å². The van der Waals surface area contributed by atoms with Crippen molar-refractivity contribution in [3.63, 3.8) is 0 Å². The molecule has 1 nitrogen and oxygen atoms in total. The second kappa shape index (κ2) is 3.95. The maximum absolute atomic E-state index is 10.6. The van der Waals surface area contributed by atoms with Gasteiger partial charge in [-0.1, -0.05) is 41.9 Å². The number of thiophene rings is 1. The van der Waals surface area contributed by atoms with Crippen molar-refractivity contribution >= 4 is 29.2 Å². The van der Waals surface area contributed by atoms with Crippen LogP contribution in [0.2, 0.25) is 4.34 Å². The van der Waals surface area contributed by atoms with E-state index in [1.54, 1.807) is 0 Å². The van der Waals surface area contributed by atoms with E-state index in [-0.39, 0.29) is 0 Å². The van der Waals surface area contributed by atoms with Gasteiger partial charge in [0.15, 0.2) is 6.29 Å². The van der Waals surface area contributed by atoms with Gasteiger partial charge in [-0.05, 0) is 11.6 Å². The Kier molecular flexibility index (Phi) is 2.66. The average molecular weight is 223 g/mol. The van der Waals surface area contributed by atoms with E-state index in [1.165, 1.54) is 11.3 Å². The Morgan fingerprint density at radius 1 is 1.21 bits per heavy atom. The van der Waals surface area contributed by atoms with E-state index >= 15 is 0 Å². The molecule has 0 N–H and O–H groups in total. The van der Waals surface area contributed by atoms with E-state index in [1.807, 2.05) is 36.4 Å². The molecule has 1 aromatic heterocycles. The highest BCUT2D eigenvalue weighted by Gasteiger charge is 2.07. The molecule has 2 aromatic rings. The van der Waals surface area contributed by atoms with Crippen LogP contribution in [-0.4, -0.2) is 6.29 Å². The fourth-order valence-electron chi connectivity index (χ4n) is 1.26. The fraction of sp³-hybridized carbons (Fsp3) is 0. The van der Waals surface area contributed by atoms with E-state index in [0.29, 0.717) is 9.21 Å². The maximum atomic E-state index is 10.6. The lowest BCUT2D eigenvalue weighted by atomic mass is 10.1. The summed E-state index contributed by atoms with van der Waals surface area (Å²) in [6.45, 7) is 0. The minimum Gasteiger partial charge on any atom is -0.297 e. The zero-order valence-electron chi connectivity index (χ0n) is 7.24. The van der Waals surface area contributed by atoms with Gasteiger partial charge < -0.3 is 0 Å². The topological polar surface area (TPSA) is 17.1 Å². The first-order valence-corrected chi connectivity index (χ1v) is 5.30. The Morgan fingerprint density at radius 2 is 1.93 bits per heavy atom. The molecule has 0 unspecified atom stereocenters. The number of carbonyl (C=O) groups excluding carboxylic acids is 1. The molecule has 0 aliphatic carbocycles. The first kappa shape index (κ1) is 9.44. The molecule has 0 aliphatic rings. The molecule has 0 saturated heterocycles. The third kappa shape index (κ3) is 1.72. The van der Waals surface area contributed by atoms with Gasteiger partial charge in [0.25, 0.3) is 0 Å². The predicted molar refractivity (Wildman–Crippen MR) is 60.2 cm³/mol. The lowest BCUT2D eigenvalue weighted by Gasteiger charge is -1.96. The summed E-state index contributed by atoms with van der Waals surface area (Å²) in [6, 6.07) is 11.6. The number of aldehydes is 1. The normalized spacial score (nSPS) is 10.1. The summed E-state index contributed by atoms with van der Waals surface area (Å²) in [5, 5.41) is 0. The monoisotopic (exact) mass is 222 g/mol. The van der Waals surface area contributed by atoms with Crippen molar-refractivity contribution in [2.45, 2.75) is 0 Å². The van der Waals surface area contributed by atoms with Crippen LogP contribution in [0, 0.1) is 0 Å². The third-order valence-electron chi connectivity index (χ3n) is 1.91. The molecular weight excluding hydrogens is 216 g/mol. The molecule has 0 saturated carbocycles. The maximum Gasteiger partial charge on any atom is 0.160 e. The van der Waals surface area contributed by atoms with Crippen molar-refractivity contribution in [3.8, 4) is 11.1 Å². The van der Waals surface area contributed by atoms with E-state index in [0.717, 1.165) is 17.4 Å². The van der Waals surface area contributed by atoms with Crippen LogP contribution in [0.1, 0.15) is 9.67 Å². The smallest absolute Gasteiger partial charge is 0.160 e. The minimum absolute atomic E-state index is 0.661. The molecule has 70 valence electrons. The van der Waals surface area contributed by atoms with Gasteiger partial charge >= 0.3 is 0 Å². The summed E-state index contributed by atoms with van der Waals surface area (Å²) in [4.78, 5) is 11.2. The standard InChI is InChI=1S/C11H7ClOS/c12-11-10(6-9(7-13)14-11)8-4-2-1-3-5-8/h1-7H. The van der Waals surface area contributed by atoms with Crippen LogP contribution in [0.3, 0.4) is 0 Å². The molecule has 0 radical (unpaired) electrons. The zero-order valence-corrected chi connectivity index (χ0v) is 8.81. The van der Waals surface area contributed by atoms with Crippen molar-refractivity contribution in [2.75, 3.05) is 0 Å². The highest BCUT2D eigenvalue weighted by atomic mass is 35.5. The largest absolute Gasteiger partial charge is 0.297 e. The highest BCUT2D eigenvalue weighted by Crippen LogP contribution is 2.34. The van der Waals surface area contributed by atoms with E-state index in [9.17, 15) is 4.79 Å². The summed E-state index contributed by atoms with van der Waals surface area (Å²) < 4.78 is 0.665. The lowest BCUT2D eigenvalue weighted by Crippen LogP contribution is -1.72. The molecule has 1 heterocycles. The number of hydrogen-bond donors (Lipinski definition) is 0. The van der Waals surface area contributed by atoms with Gasteiger partial charge in [0, 0.05) is 5.56 Å². The molecule has 2 rings (SSSR count). The van der Waals surface area contributed by atoms with Crippen molar-refractivity contribution < 1.29 is 4.79 Å². The molecule has 0 aliphatic heterocycles. The lowest BCUT2D eigenvalue weighted by molar-refractivity contribution is 0.112. The van der Waals surface area contributed by atoms with Crippen molar-refractivity contribution in [1.82, 2.24) is 0 Å². The van der Waals surface area contributed by atoms with Gasteiger partial charge in [-0.15, -0.1) is 11.3 Å². The number of hydrogen-bond acceptors (Lipinski definition) is 2. The molecule has 14 heavy (non-hydrogen) atoms. The second-order valence-electron chi connectivity index (χ2n) is 2.82. The summed E-state index contributed by atoms with van der Waals surface area (Å²) in [7, 11) is 0. The van der Waals surface area contributed by atoms with Crippen LogP contribution in [0.5, 0.6) is 0 Å². The van der Waals surface area contributed by atoms with Crippen LogP contribution in [0.15, 0.2) is 36.4 Å². The minimum atomic E-state index is 0.661. The van der Waals surface area contributed by atoms with Crippen molar-refractivity contribution in [3.05, 3.63) is 45.6 Å². The van der Waals surface area contributed by atoms with E-state index in [4.69, 9.17) is 11.6 Å². The van der Waals surface area contributed by atoms with Crippen LogP contribution < -0.4 is 0 Å². The SMILES string of the molecule is O=Cc1cc(-c2ccccc2)c(Cl)s1. The second-order valence-corrected chi connectivity index (χ2v) is 4.51. The molecule has 0 bridgehead atoms. The van der Waals surface area contributed by atoms with Crippen LogP contribution in [0.4, 0.5) is 0 Å². The summed E-state index contributed by atoms with van der Waals surface area (Å²) >= 11 is 7.32. The molecule has 0 spiro atoms. The Hall–Kier alpha value is -1.12. The van der Waals surface area contributed by atoms with E-state index < -0.39 is 0 Å². The third-order valence-corrected chi connectivity index (χ3v) is 3.19. The molecule has 3 heteroatoms. The van der Waals surface area contributed by atoms with Gasteiger partial charge in [-0.25, -0.2) is 0 Å². The van der Waals surface area contributed by atoms with Crippen molar-refractivity contribution in [1.29, 1.82) is 0 Å². The quantitative estimate of drug-likeness (QED) is 0.705. The molecule has 0 atom stereocenters. The Morgan fingerprint density at radius 3 is 2.50 bits per heavy atom. The highest BCUT2D eigenvalue weighted by molar-refractivity contribution is 7.18. The summed E-state index contributed by atoms with van der Waals surface area (Å²) in [5.74, 6) is 0. The average Bonchev–Trinajstić information content (AvgIpc) is 2.61. The van der Waals surface area contributed by atoms with Crippen LogP contribution in [0.25, 0.3) is 11.1 Å². The molecule has 0 fully saturated rings. The van der Waals surface area contributed by atoms with Gasteiger partial charge in [0.05, 0.1) is 4.88 Å². The number of rotatable bonds is 2. The van der Waals surface area contributed by atoms with Crippen LogP contribution >= 0.6 is 22.9 Å².